The Morgan fingerprint density at radius 2 is 2.12 bits per heavy atom. The van der Waals surface area contributed by atoms with Gasteiger partial charge in [-0.15, -0.1) is 0 Å². The highest BCUT2D eigenvalue weighted by atomic mass is 14.7. The molecular weight excluding hydrogens is 194 g/mol. The van der Waals surface area contributed by atoms with Crippen molar-refractivity contribution in [1.82, 2.24) is 4.98 Å². The first kappa shape index (κ1) is 12.7. The van der Waals surface area contributed by atoms with Gasteiger partial charge in [0.25, 0.3) is 0 Å². The van der Waals surface area contributed by atoms with Crippen molar-refractivity contribution in [3.63, 3.8) is 0 Å². The third-order valence-corrected chi connectivity index (χ3v) is 2.85. The molecule has 0 aliphatic heterocycles. The molecule has 0 aliphatic carbocycles. The summed E-state index contributed by atoms with van der Waals surface area (Å²) >= 11 is 0. The molecule has 0 saturated carbocycles. The number of nitrogens with zero attached hydrogens (tertiary/aromatic N) is 1. The highest BCUT2D eigenvalue weighted by molar-refractivity contribution is 5.70. The molecule has 1 nitrogen and oxygen atoms in total. The predicted molar refractivity (Wildman–Crippen MR) is 72.4 cm³/mol. The largest absolute Gasteiger partial charge is 0.260 e. The summed E-state index contributed by atoms with van der Waals surface area (Å²) in [5.74, 6) is 0. The van der Waals surface area contributed by atoms with Crippen molar-refractivity contribution < 1.29 is 0 Å². The van der Waals surface area contributed by atoms with Crippen LogP contribution in [-0.4, -0.2) is 4.98 Å². The lowest BCUT2D eigenvalue weighted by Gasteiger charge is -2.12. The Bertz CT molecular complexity index is 414. The van der Waals surface area contributed by atoms with Gasteiger partial charge in [-0.2, -0.15) is 0 Å². The van der Waals surface area contributed by atoms with E-state index in [2.05, 4.69) is 44.5 Å². The molecule has 0 bridgehead atoms. The minimum Gasteiger partial charge on any atom is -0.260 e. The molecule has 1 aromatic heterocycles. The number of aromatic nitrogens is 1. The van der Waals surface area contributed by atoms with Crippen LogP contribution in [-0.2, 0) is 0 Å². The first-order valence-corrected chi connectivity index (χ1v) is 5.88. The van der Waals surface area contributed by atoms with Crippen molar-refractivity contribution in [3.8, 4) is 0 Å². The summed E-state index contributed by atoms with van der Waals surface area (Å²) in [4.78, 5) is 4.45. The Balaban J connectivity index is 3.23. The molecule has 0 N–H and O–H groups in total. The fourth-order valence-corrected chi connectivity index (χ4v) is 1.95. The second kappa shape index (κ2) is 5.64. The van der Waals surface area contributed by atoms with E-state index in [1.165, 1.54) is 22.3 Å². The van der Waals surface area contributed by atoms with Gasteiger partial charge in [0.05, 0.1) is 0 Å². The van der Waals surface area contributed by atoms with Gasteiger partial charge in [0, 0.05) is 11.9 Å². The monoisotopic (exact) mass is 215 g/mol. The smallest absolute Gasteiger partial charge is 0.0447 e. The summed E-state index contributed by atoms with van der Waals surface area (Å²) in [5.41, 5.74) is 6.02. The highest BCUT2D eigenvalue weighted by Gasteiger charge is 2.08. The van der Waals surface area contributed by atoms with Gasteiger partial charge in [-0.1, -0.05) is 32.1 Å². The Morgan fingerprint density at radius 1 is 1.44 bits per heavy atom. The average molecular weight is 215 g/mol. The quantitative estimate of drug-likeness (QED) is 0.718. The van der Waals surface area contributed by atoms with E-state index in [0.717, 1.165) is 18.5 Å². The molecule has 0 fully saturated rings. The molecular formula is C15H21N. The van der Waals surface area contributed by atoms with Crippen LogP contribution in [0.2, 0.25) is 0 Å². The maximum Gasteiger partial charge on any atom is 0.0447 e. The number of hydrogen-bond acceptors (Lipinski definition) is 1. The number of pyridine rings is 1. The zero-order valence-electron chi connectivity index (χ0n) is 10.8. The van der Waals surface area contributed by atoms with E-state index in [1.807, 2.05) is 13.1 Å². The van der Waals surface area contributed by atoms with Crippen molar-refractivity contribution in [2.75, 3.05) is 0 Å². The van der Waals surface area contributed by atoms with E-state index < -0.39 is 0 Å². The van der Waals surface area contributed by atoms with Crippen molar-refractivity contribution in [2.45, 2.75) is 40.5 Å². The standard InChI is InChI=1S/C15H21N/c1-6-8-11(3)15-10-16-13(5)14(9-7-2)12(15)4/h7,9-10H,3,6,8H2,1-2,4-5H3/b9-7-. The van der Waals surface area contributed by atoms with Gasteiger partial charge in [0.2, 0.25) is 0 Å². The molecule has 1 rings (SSSR count). The fraction of sp³-hybridized carbons (Fsp3) is 0.400. The van der Waals surface area contributed by atoms with Crippen LogP contribution >= 0.6 is 0 Å². The van der Waals surface area contributed by atoms with E-state index in [1.54, 1.807) is 0 Å². The molecule has 1 heteroatoms. The summed E-state index contributed by atoms with van der Waals surface area (Å²) in [7, 11) is 0. The lowest BCUT2D eigenvalue weighted by Crippen LogP contribution is -1.97. The van der Waals surface area contributed by atoms with E-state index in [0.29, 0.717) is 0 Å². The van der Waals surface area contributed by atoms with E-state index in [9.17, 15) is 0 Å². The SMILES string of the molecule is C=C(CCC)c1cnc(C)c(/C=C\C)c1C. The van der Waals surface area contributed by atoms with Crippen LogP contribution in [0.4, 0.5) is 0 Å². The molecule has 86 valence electrons. The predicted octanol–water partition coefficient (Wildman–Crippen LogP) is 4.54. The minimum atomic E-state index is 1.04. The molecule has 1 heterocycles. The fourth-order valence-electron chi connectivity index (χ4n) is 1.95. The lowest BCUT2D eigenvalue weighted by molar-refractivity contribution is 0.970. The van der Waals surface area contributed by atoms with Crippen LogP contribution in [0.1, 0.15) is 49.1 Å². The molecule has 0 unspecified atom stereocenters. The second-order valence-corrected chi connectivity index (χ2v) is 4.15. The van der Waals surface area contributed by atoms with Crippen molar-refractivity contribution >= 4 is 11.6 Å². The van der Waals surface area contributed by atoms with Gasteiger partial charge in [0.1, 0.15) is 0 Å². The van der Waals surface area contributed by atoms with E-state index >= 15 is 0 Å². The maximum atomic E-state index is 4.45. The third-order valence-electron chi connectivity index (χ3n) is 2.85. The number of hydrogen-bond donors (Lipinski definition) is 0. The molecule has 0 aromatic carbocycles. The topological polar surface area (TPSA) is 12.9 Å². The van der Waals surface area contributed by atoms with Gasteiger partial charge < -0.3 is 0 Å². The summed E-state index contributed by atoms with van der Waals surface area (Å²) in [6.45, 7) is 12.6. The molecule has 0 spiro atoms. The highest BCUT2D eigenvalue weighted by Crippen LogP contribution is 2.25. The number of rotatable bonds is 4. The maximum absolute atomic E-state index is 4.45. The summed E-state index contributed by atoms with van der Waals surface area (Å²) in [6.07, 6.45) is 8.31. The zero-order valence-corrected chi connectivity index (χ0v) is 10.8. The number of aryl methyl sites for hydroxylation is 1. The summed E-state index contributed by atoms with van der Waals surface area (Å²) in [6, 6.07) is 0. The first-order valence-electron chi connectivity index (χ1n) is 5.88. The van der Waals surface area contributed by atoms with Gasteiger partial charge in [-0.25, -0.2) is 0 Å². The van der Waals surface area contributed by atoms with Crippen molar-refractivity contribution in [3.05, 3.63) is 41.2 Å². The molecule has 0 saturated heterocycles. The molecule has 1 aromatic rings. The summed E-state index contributed by atoms with van der Waals surface area (Å²) in [5, 5.41) is 0. The molecule has 0 aliphatic rings. The van der Waals surface area contributed by atoms with Crippen LogP contribution in [0.25, 0.3) is 11.6 Å². The normalized spacial score (nSPS) is 11.0. The number of allylic oxidation sites excluding steroid dienone is 2. The minimum absolute atomic E-state index is 1.04. The van der Waals surface area contributed by atoms with Crippen LogP contribution in [0, 0.1) is 13.8 Å². The Kier molecular flexibility index (Phi) is 4.48. The van der Waals surface area contributed by atoms with Crippen molar-refractivity contribution in [2.24, 2.45) is 0 Å². The molecule has 0 radical (unpaired) electrons. The van der Waals surface area contributed by atoms with Gasteiger partial charge in [0.15, 0.2) is 0 Å². The molecule has 0 atom stereocenters. The van der Waals surface area contributed by atoms with Crippen LogP contribution < -0.4 is 0 Å². The Morgan fingerprint density at radius 3 is 2.69 bits per heavy atom. The van der Waals surface area contributed by atoms with Gasteiger partial charge in [-0.3, -0.25) is 4.98 Å². The van der Waals surface area contributed by atoms with E-state index in [-0.39, 0.29) is 0 Å². The molecule has 16 heavy (non-hydrogen) atoms. The lowest BCUT2D eigenvalue weighted by atomic mass is 9.96. The zero-order chi connectivity index (χ0) is 12.1. The first-order chi connectivity index (χ1) is 7.61. The third kappa shape index (κ3) is 2.60. The summed E-state index contributed by atoms with van der Waals surface area (Å²) < 4.78 is 0. The van der Waals surface area contributed by atoms with E-state index in [4.69, 9.17) is 0 Å². The van der Waals surface area contributed by atoms with Crippen LogP contribution in [0.5, 0.6) is 0 Å². The van der Waals surface area contributed by atoms with Gasteiger partial charge >= 0.3 is 0 Å². The Labute approximate surface area is 98.9 Å². The van der Waals surface area contributed by atoms with Gasteiger partial charge in [-0.05, 0) is 49.5 Å². The van der Waals surface area contributed by atoms with Crippen molar-refractivity contribution in [1.29, 1.82) is 0 Å². The average Bonchev–Trinajstić information content (AvgIpc) is 2.24. The van der Waals surface area contributed by atoms with Crippen LogP contribution in [0.3, 0.4) is 0 Å². The second-order valence-electron chi connectivity index (χ2n) is 4.15. The van der Waals surface area contributed by atoms with Crippen LogP contribution in [0.15, 0.2) is 18.9 Å². The molecule has 0 amide bonds. The Hall–Kier alpha value is -1.37.